The van der Waals surface area contributed by atoms with E-state index in [1.165, 1.54) is 7.11 Å². The number of benzene rings is 1. The molecule has 0 saturated heterocycles. The molecule has 0 unspecified atom stereocenters. The second-order valence-electron chi connectivity index (χ2n) is 2.54. The molecule has 0 aromatic heterocycles. The molecule has 1 aromatic carbocycles. The Labute approximate surface area is 101 Å². The lowest BCUT2D eigenvalue weighted by molar-refractivity contribution is -0.134. The Morgan fingerprint density at radius 1 is 1.43 bits per heavy atom. The average Bonchev–Trinajstić information content (AvgIpc) is 2.20. The van der Waals surface area contributed by atoms with Crippen molar-refractivity contribution < 1.29 is 9.53 Å². The first-order valence-electron chi connectivity index (χ1n) is 3.84. The maximum absolute atomic E-state index is 11.1. The Morgan fingerprint density at radius 2 is 2.00 bits per heavy atom. The molecule has 0 fully saturated rings. The van der Waals surface area contributed by atoms with Gasteiger partial charge in [-0.25, -0.2) is 4.79 Å². The Morgan fingerprint density at radius 3 is 2.50 bits per heavy atom. The van der Waals surface area contributed by atoms with Crippen LogP contribution in [0.5, 0.6) is 0 Å². The second-order valence-corrected chi connectivity index (χ2v) is 4.13. The van der Waals surface area contributed by atoms with Crippen LogP contribution in [0.25, 0.3) is 6.08 Å². The van der Waals surface area contributed by atoms with Crippen molar-refractivity contribution >= 4 is 46.2 Å². The average molecular weight is 323 g/mol. The summed E-state index contributed by atoms with van der Waals surface area (Å²) in [5.41, 5.74) is 0.921. The summed E-state index contributed by atoms with van der Waals surface area (Å²) in [7, 11) is 1.36. The summed E-state index contributed by atoms with van der Waals surface area (Å²) < 4.78 is 5.10. The largest absolute Gasteiger partial charge is 0.465 e. The number of hydrogen-bond donors (Lipinski definition) is 0. The third-order valence-corrected chi connectivity index (χ3v) is 2.55. The summed E-state index contributed by atoms with van der Waals surface area (Å²) >= 11 is 7.66. The fourth-order valence-electron chi connectivity index (χ4n) is 0.862. The number of carbonyl (C=O) groups excluding carboxylic acids is 1. The molecule has 0 radical (unpaired) electrons. The number of hydrogen-bond acceptors (Lipinski definition) is 2. The minimum absolute atomic E-state index is 0.333. The third-order valence-electron chi connectivity index (χ3n) is 1.54. The molecular weight excluding hydrogens is 314 g/mol. The molecule has 0 atom stereocenters. The molecule has 14 heavy (non-hydrogen) atoms. The van der Waals surface area contributed by atoms with Gasteiger partial charge in [0.1, 0.15) is 0 Å². The summed E-state index contributed by atoms with van der Waals surface area (Å²) in [4.78, 5) is 11.1. The zero-order chi connectivity index (χ0) is 10.6. The van der Waals surface area contributed by atoms with Crippen LogP contribution in [0.3, 0.4) is 0 Å². The maximum Gasteiger partial charge on any atom is 0.344 e. The number of methoxy groups -OCH3 is 1. The van der Waals surface area contributed by atoms with Gasteiger partial charge in [0.15, 0.2) is 0 Å². The maximum atomic E-state index is 11.1. The van der Waals surface area contributed by atoms with Crippen LogP contribution in [0.1, 0.15) is 5.56 Å². The van der Waals surface area contributed by atoms with E-state index in [2.05, 4.69) is 4.74 Å². The Kier molecular flexibility index (Phi) is 4.41. The molecule has 1 rings (SSSR count). The van der Waals surface area contributed by atoms with Crippen molar-refractivity contribution in [3.05, 3.63) is 38.4 Å². The van der Waals surface area contributed by atoms with E-state index in [1.54, 1.807) is 18.2 Å². The van der Waals surface area contributed by atoms with Gasteiger partial charge in [0.25, 0.3) is 0 Å². The highest BCUT2D eigenvalue weighted by Gasteiger charge is 2.04. The smallest absolute Gasteiger partial charge is 0.344 e. The van der Waals surface area contributed by atoms with E-state index in [9.17, 15) is 4.79 Å². The number of carbonyl (C=O) groups is 1. The lowest BCUT2D eigenvalue weighted by Crippen LogP contribution is -1.98. The highest BCUT2D eigenvalue weighted by Crippen LogP contribution is 2.16. The lowest BCUT2D eigenvalue weighted by atomic mass is 10.2. The van der Waals surface area contributed by atoms with Gasteiger partial charge in [0.2, 0.25) is 0 Å². The predicted octanol–water partition coefficient (Wildman–Crippen LogP) is 3.29. The van der Waals surface area contributed by atoms with Crippen molar-refractivity contribution in [3.63, 3.8) is 0 Å². The zero-order valence-corrected chi connectivity index (χ0v) is 10.4. The molecule has 0 aliphatic heterocycles. The Balaban J connectivity index is 2.86. The van der Waals surface area contributed by atoms with Gasteiger partial charge in [-0.1, -0.05) is 23.7 Å². The van der Waals surface area contributed by atoms with E-state index < -0.39 is 0 Å². The zero-order valence-electron chi connectivity index (χ0n) is 7.46. The Hall–Kier alpha value is -0.550. The molecule has 0 heterocycles. The second kappa shape index (κ2) is 5.36. The number of esters is 1. The summed E-state index contributed by atoms with van der Waals surface area (Å²) in [6, 6.07) is 7.22. The monoisotopic (exact) mass is 322 g/mol. The van der Waals surface area contributed by atoms with Crippen LogP contribution in [-0.2, 0) is 9.53 Å². The van der Waals surface area contributed by atoms with Gasteiger partial charge in [-0.15, -0.1) is 0 Å². The predicted molar refractivity (Wildman–Crippen MR) is 65.5 cm³/mol. The van der Waals surface area contributed by atoms with Crippen LogP contribution < -0.4 is 0 Å². The molecule has 0 bridgehead atoms. The number of halogens is 2. The lowest BCUT2D eigenvalue weighted by Gasteiger charge is -1.97. The van der Waals surface area contributed by atoms with Crippen LogP contribution >= 0.6 is 34.2 Å². The SMILES string of the molecule is COC(=O)/C(I)=C\c1ccc(Cl)cc1. The summed E-state index contributed by atoms with van der Waals surface area (Å²) in [6.07, 6.45) is 1.74. The van der Waals surface area contributed by atoms with Gasteiger partial charge < -0.3 is 4.74 Å². The third kappa shape index (κ3) is 3.31. The summed E-state index contributed by atoms with van der Waals surface area (Å²) in [6.45, 7) is 0. The molecule has 1 aromatic rings. The van der Waals surface area contributed by atoms with Gasteiger partial charge >= 0.3 is 5.97 Å². The van der Waals surface area contributed by atoms with Crippen molar-refractivity contribution in [2.45, 2.75) is 0 Å². The van der Waals surface area contributed by atoms with Crippen LogP contribution in [-0.4, -0.2) is 13.1 Å². The number of ether oxygens (including phenoxy) is 1. The minimum Gasteiger partial charge on any atom is -0.465 e. The molecule has 74 valence electrons. The van der Waals surface area contributed by atoms with Crippen molar-refractivity contribution in [1.29, 1.82) is 0 Å². The highest BCUT2D eigenvalue weighted by molar-refractivity contribution is 14.1. The van der Waals surface area contributed by atoms with Gasteiger partial charge in [0.05, 0.1) is 10.7 Å². The fourth-order valence-corrected chi connectivity index (χ4v) is 1.57. The first-order valence-corrected chi connectivity index (χ1v) is 5.30. The van der Waals surface area contributed by atoms with Gasteiger partial charge in [-0.3, -0.25) is 0 Å². The van der Waals surface area contributed by atoms with Gasteiger partial charge in [-0.2, -0.15) is 0 Å². The van der Waals surface area contributed by atoms with E-state index in [4.69, 9.17) is 11.6 Å². The standard InChI is InChI=1S/C10H8ClIO2/c1-14-10(13)9(12)6-7-2-4-8(11)5-3-7/h2-6H,1H3/b9-6+. The van der Waals surface area contributed by atoms with Crippen LogP contribution in [0.4, 0.5) is 0 Å². The Bertz CT molecular complexity index is 357. The van der Waals surface area contributed by atoms with Crippen LogP contribution in [0.15, 0.2) is 27.8 Å². The fraction of sp³-hybridized carbons (Fsp3) is 0.100. The van der Waals surface area contributed by atoms with Crippen molar-refractivity contribution in [2.75, 3.05) is 7.11 Å². The normalized spacial score (nSPS) is 11.2. The van der Waals surface area contributed by atoms with Gasteiger partial charge in [-0.05, 0) is 46.4 Å². The summed E-state index contributed by atoms with van der Waals surface area (Å²) in [5, 5.41) is 0.676. The molecule has 0 saturated carbocycles. The molecular formula is C10H8ClIO2. The summed E-state index contributed by atoms with van der Waals surface area (Å²) in [5.74, 6) is -0.333. The molecule has 0 aliphatic rings. The quantitative estimate of drug-likeness (QED) is 0.474. The van der Waals surface area contributed by atoms with Crippen molar-refractivity contribution in [2.24, 2.45) is 0 Å². The number of rotatable bonds is 2. The van der Waals surface area contributed by atoms with E-state index in [0.29, 0.717) is 8.60 Å². The molecule has 4 heteroatoms. The van der Waals surface area contributed by atoms with Crippen LogP contribution in [0, 0.1) is 0 Å². The van der Waals surface area contributed by atoms with E-state index in [0.717, 1.165) is 5.56 Å². The van der Waals surface area contributed by atoms with E-state index >= 15 is 0 Å². The van der Waals surface area contributed by atoms with E-state index in [-0.39, 0.29) is 5.97 Å². The van der Waals surface area contributed by atoms with Crippen molar-refractivity contribution in [1.82, 2.24) is 0 Å². The molecule has 0 aliphatic carbocycles. The molecule has 2 nitrogen and oxygen atoms in total. The van der Waals surface area contributed by atoms with E-state index in [1.807, 2.05) is 34.7 Å². The molecule has 0 amide bonds. The molecule has 0 N–H and O–H groups in total. The van der Waals surface area contributed by atoms with Crippen molar-refractivity contribution in [3.8, 4) is 0 Å². The topological polar surface area (TPSA) is 26.3 Å². The highest BCUT2D eigenvalue weighted by atomic mass is 127. The van der Waals surface area contributed by atoms with Gasteiger partial charge in [0, 0.05) is 5.02 Å². The van der Waals surface area contributed by atoms with Crippen LogP contribution in [0.2, 0.25) is 5.02 Å². The first kappa shape index (κ1) is 11.5. The first-order chi connectivity index (χ1) is 6.63. The molecule has 0 spiro atoms. The minimum atomic E-state index is -0.333.